The van der Waals surface area contributed by atoms with E-state index in [0.29, 0.717) is 6.54 Å². The molecule has 0 aliphatic carbocycles. The van der Waals surface area contributed by atoms with Crippen LogP contribution in [0.4, 0.5) is 4.79 Å². The molecule has 0 aromatic rings. The van der Waals surface area contributed by atoms with Gasteiger partial charge in [0.2, 0.25) is 6.29 Å². The van der Waals surface area contributed by atoms with Crippen molar-refractivity contribution < 1.29 is 19.1 Å². The molecule has 0 saturated carbocycles. The number of hydrogen-bond acceptors (Lipinski definition) is 5. The molecule has 0 aliphatic rings. The minimum atomic E-state index is -0.884. The van der Waals surface area contributed by atoms with Gasteiger partial charge in [-0.05, 0) is 53.1 Å². The van der Waals surface area contributed by atoms with E-state index < -0.39 is 23.8 Å². The maximum Gasteiger partial charge on any atom is 0.410 e. The van der Waals surface area contributed by atoms with Crippen molar-refractivity contribution >= 4 is 12.1 Å². The van der Waals surface area contributed by atoms with Gasteiger partial charge in [-0.1, -0.05) is 13.3 Å². The van der Waals surface area contributed by atoms with Crippen molar-refractivity contribution in [3.63, 3.8) is 0 Å². The van der Waals surface area contributed by atoms with E-state index in [1.165, 1.54) is 6.92 Å². The van der Waals surface area contributed by atoms with Crippen molar-refractivity contribution in [2.45, 2.75) is 66.6 Å². The van der Waals surface area contributed by atoms with Gasteiger partial charge in [0.05, 0.1) is 5.41 Å². The number of nitrogens with one attached hydrogen (secondary N) is 2. The van der Waals surface area contributed by atoms with Crippen LogP contribution < -0.4 is 10.6 Å². The zero-order valence-corrected chi connectivity index (χ0v) is 14.7. The van der Waals surface area contributed by atoms with Crippen LogP contribution in [0.2, 0.25) is 0 Å². The third-order valence-corrected chi connectivity index (χ3v) is 2.88. The number of alkyl carbamates (subject to hydrolysis) is 1. The molecule has 1 atom stereocenters. The van der Waals surface area contributed by atoms with Crippen LogP contribution in [0.25, 0.3) is 0 Å². The zero-order valence-electron chi connectivity index (χ0n) is 14.7. The van der Waals surface area contributed by atoms with Crippen LogP contribution in [0.5, 0.6) is 0 Å². The fourth-order valence-corrected chi connectivity index (χ4v) is 1.59. The summed E-state index contributed by atoms with van der Waals surface area (Å²) in [5, 5.41) is 5.99. The number of ether oxygens (including phenoxy) is 2. The molecule has 0 aromatic carbocycles. The molecule has 0 spiro atoms. The van der Waals surface area contributed by atoms with Gasteiger partial charge in [-0.3, -0.25) is 4.79 Å². The molecular formula is C16H32N2O4. The number of carbonyl (C=O) groups excluding carboxylic acids is 2. The summed E-state index contributed by atoms with van der Waals surface area (Å²) in [5.41, 5.74) is -0.611. The number of unbranched alkanes of at least 4 members (excludes halogenated alkanes) is 2. The van der Waals surface area contributed by atoms with Gasteiger partial charge >= 0.3 is 12.1 Å². The second kappa shape index (κ2) is 11.3. The average Bonchev–Trinajstić information content (AvgIpc) is 2.40. The van der Waals surface area contributed by atoms with E-state index in [2.05, 4.69) is 17.6 Å². The van der Waals surface area contributed by atoms with Crippen molar-refractivity contribution in [3.05, 3.63) is 0 Å². The summed E-state index contributed by atoms with van der Waals surface area (Å²) in [6.45, 7) is 11.5. The summed E-state index contributed by atoms with van der Waals surface area (Å²) in [4.78, 5) is 23.1. The van der Waals surface area contributed by atoms with E-state index in [4.69, 9.17) is 9.47 Å². The standard InChI is InChI=1S/C16H32N2O4/c1-6-10-17-11-8-7-9-12-18-15(20)22-13(2)21-14(19)16(3,4)5/h13,17H,6-12H2,1-5H3,(H,18,20). The number of hydrogen-bond donors (Lipinski definition) is 2. The van der Waals surface area contributed by atoms with Gasteiger partial charge < -0.3 is 20.1 Å². The van der Waals surface area contributed by atoms with Crippen LogP contribution >= 0.6 is 0 Å². The van der Waals surface area contributed by atoms with Gasteiger partial charge in [0.25, 0.3) is 0 Å². The Labute approximate surface area is 134 Å². The maximum atomic E-state index is 11.6. The first-order chi connectivity index (χ1) is 10.3. The average molecular weight is 316 g/mol. The van der Waals surface area contributed by atoms with E-state index in [1.807, 2.05) is 0 Å². The molecule has 130 valence electrons. The first kappa shape index (κ1) is 20.7. The Bertz CT molecular complexity index is 327. The quantitative estimate of drug-likeness (QED) is 0.368. The molecule has 6 nitrogen and oxygen atoms in total. The Hall–Kier alpha value is -1.30. The lowest BCUT2D eigenvalue weighted by Crippen LogP contribution is -2.33. The maximum absolute atomic E-state index is 11.6. The van der Waals surface area contributed by atoms with Gasteiger partial charge in [0, 0.05) is 13.5 Å². The topological polar surface area (TPSA) is 76.7 Å². The van der Waals surface area contributed by atoms with Gasteiger partial charge in [-0.15, -0.1) is 0 Å². The number of carbonyl (C=O) groups is 2. The Kier molecular flexibility index (Phi) is 10.6. The number of rotatable bonds is 10. The summed E-state index contributed by atoms with van der Waals surface area (Å²) in [6.07, 6.45) is 2.75. The minimum Gasteiger partial charge on any atom is -0.425 e. The minimum absolute atomic E-state index is 0.396. The summed E-state index contributed by atoms with van der Waals surface area (Å²) >= 11 is 0. The Morgan fingerprint density at radius 3 is 2.23 bits per heavy atom. The molecule has 1 amide bonds. The van der Waals surface area contributed by atoms with E-state index in [1.54, 1.807) is 20.8 Å². The summed E-state index contributed by atoms with van der Waals surface area (Å²) in [7, 11) is 0. The molecular weight excluding hydrogens is 284 g/mol. The molecule has 0 rings (SSSR count). The lowest BCUT2D eigenvalue weighted by atomic mass is 9.97. The van der Waals surface area contributed by atoms with E-state index in [-0.39, 0.29) is 0 Å². The highest BCUT2D eigenvalue weighted by Crippen LogP contribution is 2.16. The molecule has 6 heteroatoms. The highest BCUT2D eigenvalue weighted by Gasteiger charge is 2.26. The summed E-state index contributed by atoms with van der Waals surface area (Å²) in [6, 6.07) is 0. The predicted molar refractivity (Wildman–Crippen MR) is 86.5 cm³/mol. The first-order valence-electron chi connectivity index (χ1n) is 8.13. The molecule has 0 fully saturated rings. The van der Waals surface area contributed by atoms with Crippen LogP contribution in [0.1, 0.15) is 60.3 Å². The second-order valence-electron chi connectivity index (χ2n) is 6.37. The highest BCUT2D eigenvalue weighted by molar-refractivity contribution is 5.75. The third kappa shape index (κ3) is 11.4. The molecule has 2 N–H and O–H groups in total. The fraction of sp³-hybridized carbons (Fsp3) is 0.875. The van der Waals surface area contributed by atoms with Gasteiger partial charge in [-0.2, -0.15) is 0 Å². The Balaban J connectivity index is 3.63. The van der Waals surface area contributed by atoms with E-state index in [9.17, 15) is 9.59 Å². The van der Waals surface area contributed by atoms with Gasteiger partial charge in [0.1, 0.15) is 0 Å². The Morgan fingerprint density at radius 2 is 1.64 bits per heavy atom. The fourth-order valence-electron chi connectivity index (χ4n) is 1.59. The highest BCUT2D eigenvalue weighted by atomic mass is 16.7. The van der Waals surface area contributed by atoms with Gasteiger partial charge in [-0.25, -0.2) is 4.79 Å². The Morgan fingerprint density at radius 1 is 1.00 bits per heavy atom. The van der Waals surface area contributed by atoms with E-state index >= 15 is 0 Å². The van der Waals surface area contributed by atoms with Crippen molar-refractivity contribution in [2.75, 3.05) is 19.6 Å². The molecule has 0 aliphatic heterocycles. The molecule has 22 heavy (non-hydrogen) atoms. The molecule has 0 saturated heterocycles. The molecule has 0 aromatic heterocycles. The van der Waals surface area contributed by atoms with Crippen LogP contribution in [0, 0.1) is 5.41 Å². The van der Waals surface area contributed by atoms with Crippen LogP contribution in [0.15, 0.2) is 0 Å². The van der Waals surface area contributed by atoms with Crippen LogP contribution in [-0.4, -0.2) is 38.0 Å². The van der Waals surface area contributed by atoms with Crippen molar-refractivity contribution in [3.8, 4) is 0 Å². The smallest absolute Gasteiger partial charge is 0.410 e. The lowest BCUT2D eigenvalue weighted by Gasteiger charge is -2.20. The predicted octanol–water partition coefficient (Wildman–Crippen LogP) is 2.82. The molecule has 0 bridgehead atoms. The summed E-state index contributed by atoms with van der Waals surface area (Å²) < 4.78 is 10.0. The number of esters is 1. The van der Waals surface area contributed by atoms with E-state index in [0.717, 1.165) is 38.8 Å². The van der Waals surface area contributed by atoms with Crippen molar-refractivity contribution in [2.24, 2.45) is 5.41 Å². The monoisotopic (exact) mass is 316 g/mol. The molecule has 0 radical (unpaired) electrons. The summed E-state index contributed by atoms with van der Waals surface area (Å²) in [5.74, 6) is -0.396. The first-order valence-corrected chi connectivity index (χ1v) is 8.13. The van der Waals surface area contributed by atoms with Crippen molar-refractivity contribution in [1.82, 2.24) is 10.6 Å². The lowest BCUT2D eigenvalue weighted by molar-refractivity contribution is -0.174. The van der Waals surface area contributed by atoms with Crippen LogP contribution in [-0.2, 0) is 14.3 Å². The zero-order chi connectivity index (χ0) is 17.0. The largest absolute Gasteiger partial charge is 0.425 e. The second-order valence-corrected chi connectivity index (χ2v) is 6.37. The molecule has 1 unspecified atom stereocenters. The SMILES string of the molecule is CCCNCCCCCNC(=O)OC(C)OC(=O)C(C)(C)C. The normalized spacial score (nSPS) is 12.6. The number of amides is 1. The molecule has 0 heterocycles. The van der Waals surface area contributed by atoms with Crippen molar-refractivity contribution in [1.29, 1.82) is 0 Å². The third-order valence-electron chi connectivity index (χ3n) is 2.88. The van der Waals surface area contributed by atoms with Crippen LogP contribution in [0.3, 0.4) is 0 Å². The van der Waals surface area contributed by atoms with Gasteiger partial charge in [0.15, 0.2) is 0 Å².